The number of fused-ring (bicyclic) bond motifs is 3. The number of rotatable bonds is 7. The molecule has 1 aliphatic heterocycles. The van der Waals surface area contributed by atoms with Crippen LogP contribution in [0.25, 0.3) is 33.5 Å². The highest BCUT2D eigenvalue weighted by atomic mass is 15.0. The van der Waals surface area contributed by atoms with Crippen molar-refractivity contribution in [2.75, 3.05) is 0 Å². The second kappa shape index (κ2) is 10.5. The quantitative estimate of drug-likeness (QED) is 0.221. The van der Waals surface area contributed by atoms with E-state index < -0.39 is 0 Å². The normalized spacial score (nSPS) is 18.6. The molecule has 0 saturated heterocycles. The molecule has 5 rings (SSSR count). The summed E-state index contributed by atoms with van der Waals surface area (Å²) in [7, 11) is 0. The molecule has 0 saturated carbocycles. The lowest BCUT2D eigenvalue weighted by Crippen LogP contribution is -2.55. The molecule has 2 unspecified atom stereocenters. The summed E-state index contributed by atoms with van der Waals surface area (Å²) in [5.74, 6) is 0. The van der Waals surface area contributed by atoms with Crippen LogP contribution in [0.2, 0.25) is 0 Å². The van der Waals surface area contributed by atoms with Crippen molar-refractivity contribution in [2.45, 2.75) is 90.5 Å². The van der Waals surface area contributed by atoms with Gasteiger partial charge in [0.15, 0.2) is 12.2 Å². The van der Waals surface area contributed by atoms with E-state index in [0.717, 1.165) is 12.8 Å². The molecule has 2 atom stereocenters. The molecule has 1 aliphatic rings. The zero-order valence-electron chi connectivity index (χ0n) is 24.2. The first-order chi connectivity index (χ1) is 18.3. The van der Waals surface area contributed by atoms with Gasteiger partial charge in [-0.1, -0.05) is 121 Å². The molecule has 196 valence electrons. The fourth-order valence-corrected chi connectivity index (χ4v) is 6.75. The van der Waals surface area contributed by atoms with Gasteiger partial charge in [0.25, 0.3) is 0 Å². The zero-order valence-corrected chi connectivity index (χ0v) is 24.2. The van der Waals surface area contributed by atoms with Crippen LogP contribution < -0.4 is 4.57 Å². The SMILES string of the molecule is CCCCC1(CC)c2ccc(-c3ccc(-c4ccccc4)cc3)cc2-c2cc(C(C)(C)C)cc[n+]2C1CC. The Morgan fingerprint density at radius 2 is 1.37 bits per heavy atom. The van der Waals surface area contributed by atoms with E-state index in [1.165, 1.54) is 58.3 Å². The number of benzene rings is 3. The first-order valence-electron chi connectivity index (χ1n) is 14.7. The van der Waals surface area contributed by atoms with E-state index in [9.17, 15) is 0 Å². The zero-order chi connectivity index (χ0) is 26.9. The third kappa shape index (κ3) is 4.62. The van der Waals surface area contributed by atoms with Crippen molar-refractivity contribution < 1.29 is 4.57 Å². The Morgan fingerprint density at radius 3 is 1.97 bits per heavy atom. The van der Waals surface area contributed by atoms with Crippen molar-refractivity contribution in [3.05, 3.63) is 102 Å². The fraction of sp³-hybridized carbons (Fsp3) is 0.378. The first kappa shape index (κ1) is 26.4. The van der Waals surface area contributed by atoms with Crippen LogP contribution in [-0.2, 0) is 10.8 Å². The molecule has 1 heteroatoms. The molecule has 1 aromatic heterocycles. The minimum Gasteiger partial charge on any atom is -0.195 e. The topological polar surface area (TPSA) is 3.88 Å². The number of hydrogen-bond donors (Lipinski definition) is 0. The van der Waals surface area contributed by atoms with Gasteiger partial charge in [0.2, 0.25) is 5.69 Å². The molecule has 0 N–H and O–H groups in total. The van der Waals surface area contributed by atoms with Gasteiger partial charge in [-0.15, -0.1) is 0 Å². The van der Waals surface area contributed by atoms with Gasteiger partial charge in [-0.05, 0) is 57.7 Å². The Balaban J connectivity index is 1.68. The monoisotopic (exact) mass is 502 g/mol. The van der Waals surface area contributed by atoms with Crippen LogP contribution in [-0.4, -0.2) is 0 Å². The van der Waals surface area contributed by atoms with Crippen molar-refractivity contribution in [1.29, 1.82) is 0 Å². The van der Waals surface area contributed by atoms with E-state index in [1.807, 2.05) is 0 Å². The third-order valence-electron chi connectivity index (χ3n) is 8.98. The van der Waals surface area contributed by atoms with Crippen LogP contribution in [0.4, 0.5) is 0 Å². The molecule has 38 heavy (non-hydrogen) atoms. The van der Waals surface area contributed by atoms with Gasteiger partial charge in [0, 0.05) is 18.6 Å². The number of aromatic nitrogens is 1. The lowest BCUT2D eigenvalue weighted by molar-refractivity contribution is -0.725. The van der Waals surface area contributed by atoms with Gasteiger partial charge in [-0.25, -0.2) is 0 Å². The van der Waals surface area contributed by atoms with E-state index in [4.69, 9.17) is 0 Å². The molecular formula is C37H44N+. The van der Waals surface area contributed by atoms with Crippen LogP contribution in [0.15, 0.2) is 91.1 Å². The maximum absolute atomic E-state index is 2.62. The second-order valence-corrected chi connectivity index (χ2v) is 12.2. The molecule has 0 aliphatic carbocycles. The Labute approximate surface area is 230 Å². The Morgan fingerprint density at radius 1 is 0.737 bits per heavy atom. The number of unbranched alkanes of at least 4 members (excludes halogenated alkanes) is 1. The lowest BCUT2D eigenvalue weighted by Gasteiger charge is -2.42. The first-order valence-corrected chi connectivity index (χ1v) is 14.7. The van der Waals surface area contributed by atoms with E-state index in [0.29, 0.717) is 6.04 Å². The van der Waals surface area contributed by atoms with Gasteiger partial charge in [0.1, 0.15) is 0 Å². The van der Waals surface area contributed by atoms with Crippen LogP contribution in [0.5, 0.6) is 0 Å². The van der Waals surface area contributed by atoms with E-state index in [-0.39, 0.29) is 10.8 Å². The molecule has 0 amide bonds. The Bertz CT molecular complexity index is 1390. The van der Waals surface area contributed by atoms with Gasteiger partial charge in [-0.2, -0.15) is 4.57 Å². The molecule has 0 fully saturated rings. The number of hydrogen-bond acceptors (Lipinski definition) is 0. The maximum Gasteiger partial charge on any atom is 0.213 e. The predicted molar refractivity (Wildman–Crippen MR) is 162 cm³/mol. The van der Waals surface area contributed by atoms with Gasteiger partial charge < -0.3 is 0 Å². The van der Waals surface area contributed by atoms with E-state index in [2.05, 4.69) is 137 Å². The van der Waals surface area contributed by atoms with Crippen LogP contribution in [0.3, 0.4) is 0 Å². The van der Waals surface area contributed by atoms with Crippen LogP contribution in [0, 0.1) is 0 Å². The van der Waals surface area contributed by atoms with E-state index >= 15 is 0 Å². The third-order valence-corrected chi connectivity index (χ3v) is 8.98. The highest BCUT2D eigenvalue weighted by molar-refractivity contribution is 5.76. The second-order valence-electron chi connectivity index (χ2n) is 12.2. The summed E-state index contributed by atoms with van der Waals surface area (Å²) in [5, 5.41) is 0. The summed E-state index contributed by atoms with van der Waals surface area (Å²) in [6.45, 7) is 14.1. The number of pyridine rings is 1. The van der Waals surface area contributed by atoms with Crippen molar-refractivity contribution in [3.8, 4) is 33.5 Å². The van der Waals surface area contributed by atoms with Crippen molar-refractivity contribution in [1.82, 2.24) is 0 Å². The van der Waals surface area contributed by atoms with Crippen LogP contribution in [0.1, 0.15) is 90.8 Å². The summed E-state index contributed by atoms with van der Waals surface area (Å²) < 4.78 is 2.62. The molecule has 1 nitrogen and oxygen atoms in total. The van der Waals surface area contributed by atoms with Crippen LogP contribution >= 0.6 is 0 Å². The van der Waals surface area contributed by atoms with Crippen molar-refractivity contribution >= 4 is 0 Å². The largest absolute Gasteiger partial charge is 0.213 e. The summed E-state index contributed by atoms with van der Waals surface area (Å²) in [4.78, 5) is 0. The smallest absolute Gasteiger partial charge is 0.195 e. The Hall–Kier alpha value is -3.19. The van der Waals surface area contributed by atoms with E-state index in [1.54, 1.807) is 5.56 Å². The lowest BCUT2D eigenvalue weighted by atomic mass is 9.64. The molecule has 0 bridgehead atoms. The molecule has 0 spiro atoms. The highest BCUT2D eigenvalue weighted by Crippen LogP contribution is 2.50. The van der Waals surface area contributed by atoms with Crippen molar-refractivity contribution in [2.24, 2.45) is 0 Å². The minimum absolute atomic E-state index is 0.115. The highest BCUT2D eigenvalue weighted by Gasteiger charge is 2.50. The summed E-state index contributed by atoms with van der Waals surface area (Å²) in [6, 6.07) is 32.4. The molecule has 3 aromatic carbocycles. The van der Waals surface area contributed by atoms with Crippen molar-refractivity contribution in [3.63, 3.8) is 0 Å². The average Bonchev–Trinajstić information content (AvgIpc) is 2.95. The molecular weight excluding hydrogens is 458 g/mol. The summed E-state index contributed by atoms with van der Waals surface area (Å²) >= 11 is 0. The van der Waals surface area contributed by atoms with Gasteiger partial charge in [-0.3, -0.25) is 0 Å². The summed E-state index contributed by atoms with van der Waals surface area (Å²) in [6.07, 6.45) is 8.44. The van der Waals surface area contributed by atoms with Gasteiger partial charge in [0.05, 0.1) is 11.0 Å². The molecule has 0 radical (unpaired) electrons. The Kier molecular flexibility index (Phi) is 7.32. The predicted octanol–water partition coefficient (Wildman–Crippen LogP) is 10.1. The molecule has 4 aromatic rings. The minimum atomic E-state index is 0.115. The average molecular weight is 503 g/mol. The fourth-order valence-electron chi connectivity index (χ4n) is 6.75. The standard InChI is InChI=1S/C37H44N/c1-7-10-23-37(9-3)33-21-20-30(29-18-16-28(17-19-29)27-14-12-11-13-15-27)25-32(33)34-26-31(36(4,5)6)22-24-38(34)35(37)8-2/h11-22,24-26,35H,7-10,23H2,1-6H3/q+1. The number of nitrogens with zero attached hydrogens (tertiary/aromatic N) is 1. The van der Waals surface area contributed by atoms with Gasteiger partial charge >= 0.3 is 0 Å². The summed E-state index contributed by atoms with van der Waals surface area (Å²) in [5.41, 5.74) is 11.1. The molecule has 2 heterocycles. The maximum atomic E-state index is 2.62.